The van der Waals surface area contributed by atoms with E-state index in [1.54, 1.807) is 6.08 Å². The smallest absolute Gasteiger partial charge is 0.446 e. The van der Waals surface area contributed by atoms with Crippen LogP contribution in [0.5, 0.6) is 17.2 Å². The van der Waals surface area contributed by atoms with Gasteiger partial charge in [0, 0.05) is 5.56 Å². The molecular formula is C22H30O7S. The predicted octanol–water partition coefficient (Wildman–Crippen LogP) is 4.74. The average molecular weight is 439 g/mol. The monoisotopic (exact) mass is 438 g/mol. The molecule has 30 heavy (non-hydrogen) atoms. The van der Waals surface area contributed by atoms with E-state index in [0.717, 1.165) is 43.7 Å². The van der Waals surface area contributed by atoms with Crippen LogP contribution in [0.2, 0.25) is 0 Å². The summed E-state index contributed by atoms with van der Waals surface area (Å²) in [5.41, 5.74) is 0.702. The van der Waals surface area contributed by atoms with Gasteiger partial charge in [-0.25, -0.2) is 0 Å². The van der Waals surface area contributed by atoms with E-state index < -0.39 is 33.2 Å². The first kappa shape index (κ1) is 22.6. The van der Waals surface area contributed by atoms with Crippen molar-refractivity contribution >= 4 is 22.8 Å². The molecule has 0 aliphatic heterocycles. The molecule has 1 aromatic carbocycles. The molecule has 0 bridgehead atoms. The number of rotatable bonds is 4. The SMILES string of the molecule is C[C@@H]1CC[C@@H]2C(C)(C)CCC[C@@]2(C)/C1=C/c1cc(O)c(O)c(C=O)c1OS(=O)(=O)O. The Labute approximate surface area is 177 Å². The normalized spacial score (nSPS) is 30.0. The highest BCUT2D eigenvalue weighted by atomic mass is 32.3. The molecule has 2 aliphatic rings. The minimum atomic E-state index is -4.95. The van der Waals surface area contributed by atoms with Crippen molar-refractivity contribution in [2.75, 3.05) is 0 Å². The standard InChI is InChI=1S/C22H30O7S/c1-13-6-7-18-21(2,3)8-5-9-22(18,4)16(13)10-14-11-17(24)19(25)15(12-23)20(14)29-30(26,27)28/h10-13,18,24-25H,5-9H2,1-4H3,(H,26,27,28)/b16-10+/t13-,18-,22+/m1/s1. The summed E-state index contributed by atoms with van der Waals surface area (Å²) < 4.78 is 36.7. The number of benzene rings is 1. The lowest BCUT2D eigenvalue weighted by Gasteiger charge is -2.56. The van der Waals surface area contributed by atoms with Crippen molar-refractivity contribution in [3.63, 3.8) is 0 Å². The molecule has 0 radical (unpaired) electrons. The van der Waals surface area contributed by atoms with Crippen LogP contribution in [0.1, 0.15) is 75.7 Å². The van der Waals surface area contributed by atoms with E-state index in [2.05, 4.69) is 31.9 Å². The van der Waals surface area contributed by atoms with E-state index in [1.807, 2.05) is 0 Å². The summed E-state index contributed by atoms with van der Waals surface area (Å²) >= 11 is 0. The molecule has 166 valence electrons. The van der Waals surface area contributed by atoms with Crippen molar-refractivity contribution in [3.05, 3.63) is 22.8 Å². The van der Waals surface area contributed by atoms with Gasteiger partial charge in [0.15, 0.2) is 23.5 Å². The second-order valence-corrected chi connectivity index (χ2v) is 10.6. The van der Waals surface area contributed by atoms with Gasteiger partial charge >= 0.3 is 10.4 Å². The molecule has 0 amide bonds. The van der Waals surface area contributed by atoms with E-state index in [1.165, 1.54) is 0 Å². The fourth-order valence-electron chi connectivity index (χ4n) is 5.88. The van der Waals surface area contributed by atoms with Gasteiger partial charge in [0.05, 0.1) is 0 Å². The zero-order valence-electron chi connectivity index (χ0n) is 17.8. The number of phenolic OH excluding ortho intramolecular Hbond substituents is 2. The highest BCUT2D eigenvalue weighted by Crippen LogP contribution is 2.61. The minimum absolute atomic E-state index is 0.122. The number of carbonyl (C=O) groups is 1. The molecule has 2 saturated carbocycles. The Morgan fingerprint density at radius 3 is 2.43 bits per heavy atom. The third kappa shape index (κ3) is 3.95. The quantitative estimate of drug-likeness (QED) is 0.353. The van der Waals surface area contributed by atoms with Gasteiger partial charge in [0.2, 0.25) is 0 Å². The maximum Gasteiger partial charge on any atom is 0.446 e. The van der Waals surface area contributed by atoms with Crippen molar-refractivity contribution in [2.45, 2.75) is 59.8 Å². The number of fused-ring (bicyclic) bond motifs is 1. The lowest BCUT2D eigenvalue weighted by Crippen LogP contribution is -2.47. The van der Waals surface area contributed by atoms with Crippen molar-refractivity contribution in [2.24, 2.45) is 22.7 Å². The van der Waals surface area contributed by atoms with Gasteiger partial charge in [-0.3, -0.25) is 9.35 Å². The van der Waals surface area contributed by atoms with Crippen molar-refractivity contribution < 1.29 is 32.2 Å². The molecule has 2 fully saturated rings. The highest BCUT2D eigenvalue weighted by Gasteiger charge is 2.51. The number of hydrogen-bond donors (Lipinski definition) is 3. The second-order valence-electron chi connectivity index (χ2n) is 9.60. The zero-order valence-corrected chi connectivity index (χ0v) is 18.6. The number of hydrogen-bond acceptors (Lipinski definition) is 6. The van der Waals surface area contributed by atoms with Crippen molar-refractivity contribution in [1.82, 2.24) is 0 Å². The van der Waals surface area contributed by atoms with Crippen molar-refractivity contribution in [1.29, 1.82) is 0 Å². The van der Waals surface area contributed by atoms with Crippen LogP contribution in [-0.2, 0) is 10.4 Å². The maximum atomic E-state index is 11.5. The maximum absolute atomic E-state index is 11.5. The molecule has 1 aromatic rings. The minimum Gasteiger partial charge on any atom is -0.504 e. The summed E-state index contributed by atoms with van der Waals surface area (Å²) in [6.45, 7) is 8.91. The van der Waals surface area contributed by atoms with Gasteiger partial charge in [-0.1, -0.05) is 45.8 Å². The summed E-state index contributed by atoms with van der Waals surface area (Å²) in [7, 11) is -4.95. The fraction of sp³-hybridized carbons (Fsp3) is 0.591. The molecule has 3 N–H and O–H groups in total. The van der Waals surface area contributed by atoms with E-state index in [0.29, 0.717) is 5.92 Å². The van der Waals surface area contributed by atoms with Gasteiger partial charge in [0.25, 0.3) is 0 Å². The molecule has 0 unspecified atom stereocenters. The Bertz CT molecular complexity index is 993. The van der Waals surface area contributed by atoms with Crippen LogP contribution >= 0.6 is 0 Å². The molecule has 0 saturated heterocycles. The number of allylic oxidation sites excluding steroid dienone is 1. The third-order valence-corrected chi connectivity index (χ3v) is 7.60. The van der Waals surface area contributed by atoms with Gasteiger partial charge in [0.1, 0.15) is 5.56 Å². The zero-order chi connectivity index (χ0) is 22.5. The van der Waals surface area contributed by atoms with E-state index in [4.69, 9.17) is 0 Å². The van der Waals surface area contributed by atoms with Gasteiger partial charge < -0.3 is 14.4 Å². The molecule has 8 heteroatoms. The number of carbonyl (C=O) groups excluding carboxylic acids is 1. The van der Waals surface area contributed by atoms with Crippen LogP contribution in [0.4, 0.5) is 0 Å². The fourth-order valence-corrected chi connectivity index (χ4v) is 6.28. The first-order valence-electron chi connectivity index (χ1n) is 10.2. The van der Waals surface area contributed by atoms with Crippen LogP contribution in [-0.4, -0.2) is 29.5 Å². The summed E-state index contributed by atoms with van der Waals surface area (Å²) in [4.78, 5) is 11.5. The Balaban J connectivity index is 2.24. The van der Waals surface area contributed by atoms with Crippen LogP contribution in [0.25, 0.3) is 6.08 Å². The topological polar surface area (TPSA) is 121 Å². The molecule has 0 heterocycles. The van der Waals surface area contributed by atoms with Crippen LogP contribution in [0.15, 0.2) is 11.6 Å². The Morgan fingerprint density at radius 1 is 1.17 bits per heavy atom. The summed E-state index contributed by atoms with van der Waals surface area (Å²) in [6.07, 6.45) is 7.20. The number of phenols is 2. The second kappa shape index (κ2) is 7.57. The first-order chi connectivity index (χ1) is 13.8. The van der Waals surface area contributed by atoms with Crippen LogP contribution in [0.3, 0.4) is 0 Å². The first-order valence-corrected chi connectivity index (χ1v) is 11.6. The van der Waals surface area contributed by atoms with Gasteiger partial charge in [-0.15, -0.1) is 0 Å². The van der Waals surface area contributed by atoms with E-state index >= 15 is 0 Å². The molecule has 0 aromatic heterocycles. The van der Waals surface area contributed by atoms with Crippen molar-refractivity contribution in [3.8, 4) is 17.2 Å². The van der Waals surface area contributed by atoms with E-state index in [9.17, 15) is 28.0 Å². The molecule has 3 rings (SSSR count). The summed E-state index contributed by atoms with van der Waals surface area (Å²) in [5, 5.41) is 20.1. The Kier molecular flexibility index (Phi) is 5.71. The third-order valence-electron chi connectivity index (χ3n) is 7.22. The number of aromatic hydroxyl groups is 2. The van der Waals surface area contributed by atoms with E-state index in [-0.39, 0.29) is 28.6 Å². The molecular weight excluding hydrogens is 408 g/mol. The lowest BCUT2D eigenvalue weighted by molar-refractivity contribution is -0.00534. The molecule has 2 aliphatic carbocycles. The lowest BCUT2D eigenvalue weighted by atomic mass is 9.48. The average Bonchev–Trinajstić information content (AvgIpc) is 2.60. The Hall–Kier alpha value is -2.06. The summed E-state index contributed by atoms with van der Waals surface area (Å²) in [5.74, 6) is -1.23. The highest BCUT2D eigenvalue weighted by molar-refractivity contribution is 7.81. The van der Waals surface area contributed by atoms with Gasteiger partial charge in [-0.05, 0) is 54.4 Å². The van der Waals surface area contributed by atoms with Gasteiger partial charge in [-0.2, -0.15) is 8.42 Å². The Morgan fingerprint density at radius 2 is 1.83 bits per heavy atom. The summed E-state index contributed by atoms with van der Waals surface area (Å²) in [6, 6.07) is 1.16. The largest absolute Gasteiger partial charge is 0.504 e. The molecule has 7 nitrogen and oxygen atoms in total. The molecule has 3 atom stereocenters. The predicted molar refractivity (Wildman–Crippen MR) is 113 cm³/mol. The molecule has 0 spiro atoms. The van der Waals surface area contributed by atoms with Crippen LogP contribution in [0, 0.1) is 22.7 Å². The van der Waals surface area contributed by atoms with Crippen LogP contribution < -0.4 is 4.18 Å². The number of aldehydes is 1.